The van der Waals surface area contributed by atoms with Gasteiger partial charge in [0.2, 0.25) is 5.91 Å². The van der Waals surface area contributed by atoms with E-state index in [4.69, 9.17) is 14.0 Å². The first kappa shape index (κ1) is 17.6. The van der Waals surface area contributed by atoms with Crippen LogP contribution in [-0.2, 0) is 33.9 Å². The molecule has 0 radical (unpaired) electrons. The molecule has 25 heavy (non-hydrogen) atoms. The molecular weight excluding hydrogens is 320 g/mol. The predicted octanol–water partition coefficient (Wildman–Crippen LogP) is 2.62. The highest BCUT2D eigenvalue weighted by Crippen LogP contribution is 2.12. The molecule has 0 saturated carbocycles. The Labute approximate surface area is 147 Å². The van der Waals surface area contributed by atoms with Gasteiger partial charge in [0.15, 0.2) is 5.76 Å². The van der Waals surface area contributed by atoms with Gasteiger partial charge >= 0.3 is 0 Å². The molecular formula is C19H24N2O4. The summed E-state index contributed by atoms with van der Waals surface area (Å²) in [6.45, 7) is 2.19. The number of ether oxygens (including phenoxy) is 2. The zero-order valence-corrected chi connectivity index (χ0v) is 14.3. The average Bonchev–Trinajstić information content (AvgIpc) is 3.09. The van der Waals surface area contributed by atoms with Crippen LogP contribution in [0.15, 0.2) is 40.9 Å². The maximum atomic E-state index is 12.0. The normalized spacial score (nSPS) is 17.4. The smallest absolute Gasteiger partial charge is 0.226 e. The van der Waals surface area contributed by atoms with Crippen molar-refractivity contribution in [1.29, 1.82) is 0 Å². The van der Waals surface area contributed by atoms with Crippen LogP contribution in [0.4, 0.5) is 0 Å². The van der Waals surface area contributed by atoms with E-state index in [0.717, 1.165) is 31.4 Å². The largest absolute Gasteiger partial charge is 0.376 e. The molecule has 6 nitrogen and oxygen atoms in total. The lowest BCUT2D eigenvalue weighted by atomic mass is 10.1. The summed E-state index contributed by atoms with van der Waals surface area (Å²) < 4.78 is 16.4. The second kappa shape index (κ2) is 9.34. The van der Waals surface area contributed by atoms with E-state index in [1.807, 2.05) is 30.3 Å². The molecule has 1 N–H and O–H groups in total. The summed E-state index contributed by atoms with van der Waals surface area (Å²) in [5.74, 6) is 0.550. The summed E-state index contributed by atoms with van der Waals surface area (Å²) >= 11 is 0. The number of rotatable bonds is 8. The summed E-state index contributed by atoms with van der Waals surface area (Å²) in [6, 6.07) is 11.7. The Kier molecular flexibility index (Phi) is 6.59. The molecule has 0 bridgehead atoms. The van der Waals surface area contributed by atoms with Gasteiger partial charge in [-0.3, -0.25) is 4.79 Å². The molecule has 1 aromatic carbocycles. The van der Waals surface area contributed by atoms with Crippen molar-refractivity contribution in [2.45, 2.75) is 45.0 Å². The molecule has 1 amide bonds. The first-order valence-corrected chi connectivity index (χ1v) is 8.74. The van der Waals surface area contributed by atoms with Crippen molar-refractivity contribution < 1.29 is 18.8 Å². The number of nitrogens with zero attached hydrogens (tertiary/aromatic N) is 1. The monoisotopic (exact) mass is 344 g/mol. The number of aromatic nitrogens is 1. The molecule has 1 fully saturated rings. The van der Waals surface area contributed by atoms with Gasteiger partial charge in [-0.25, -0.2) is 0 Å². The fourth-order valence-electron chi connectivity index (χ4n) is 2.77. The van der Waals surface area contributed by atoms with Crippen LogP contribution in [0.5, 0.6) is 0 Å². The third-order valence-electron chi connectivity index (χ3n) is 4.11. The van der Waals surface area contributed by atoms with Crippen molar-refractivity contribution in [3.05, 3.63) is 53.4 Å². The van der Waals surface area contributed by atoms with E-state index in [2.05, 4.69) is 10.5 Å². The predicted molar refractivity (Wildman–Crippen MR) is 91.7 cm³/mol. The van der Waals surface area contributed by atoms with Crippen LogP contribution in [0.25, 0.3) is 0 Å². The quantitative estimate of drug-likeness (QED) is 0.797. The van der Waals surface area contributed by atoms with Gasteiger partial charge in [0, 0.05) is 19.2 Å². The number of hydrogen-bond acceptors (Lipinski definition) is 5. The molecule has 1 unspecified atom stereocenters. The van der Waals surface area contributed by atoms with Crippen LogP contribution in [0, 0.1) is 0 Å². The second-order valence-corrected chi connectivity index (χ2v) is 6.23. The van der Waals surface area contributed by atoms with E-state index in [1.54, 1.807) is 6.07 Å². The highest BCUT2D eigenvalue weighted by Gasteiger charge is 2.15. The molecule has 2 heterocycles. The molecule has 1 aromatic heterocycles. The van der Waals surface area contributed by atoms with Gasteiger partial charge in [-0.15, -0.1) is 0 Å². The molecule has 2 aromatic rings. The highest BCUT2D eigenvalue weighted by molar-refractivity contribution is 5.78. The van der Waals surface area contributed by atoms with Gasteiger partial charge in [0.25, 0.3) is 0 Å². The molecule has 1 atom stereocenters. The van der Waals surface area contributed by atoms with Crippen LogP contribution in [0.2, 0.25) is 0 Å². The van der Waals surface area contributed by atoms with E-state index >= 15 is 0 Å². The third-order valence-corrected chi connectivity index (χ3v) is 4.11. The third kappa shape index (κ3) is 5.99. The topological polar surface area (TPSA) is 73.6 Å². The van der Waals surface area contributed by atoms with Crippen LogP contribution in [0.3, 0.4) is 0 Å². The van der Waals surface area contributed by atoms with Crippen LogP contribution >= 0.6 is 0 Å². The molecule has 6 heteroatoms. The van der Waals surface area contributed by atoms with Gasteiger partial charge in [0.1, 0.15) is 6.61 Å². The van der Waals surface area contributed by atoms with Crippen molar-refractivity contribution in [3.8, 4) is 0 Å². The molecule has 3 rings (SSSR count). The summed E-state index contributed by atoms with van der Waals surface area (Å²) in [5, 5.41) is 6.83. The molecule has 134 valence electrons. The number of benzene rings is 1. The number of nitrogens with one attached hydrogen (secondary N) is 1. The van der Waals surface area contributed by atoms with Gasteiger partial charge in [-0.1, -0.05) is 35.5 Å². The van der Waals surface area contributed by atoms with Gasteiger partial charge < -0.3 is 19.3 Å². The lowest BCUT2D eigenvalue weighted by Gasteiger charge is -2.22. The van der Waals surface area contributed by atoms with E-state index < -0.39 is 0 Å². The number of amides is 1. The van der Waals surface area contributed by atoms with Crippen LogP contribution in [-0.4, -0.2) is 30.3 Å². The Hall–Kier alpha value is -2.18. The first-order valence-electron chi connectivity index (χ1n) is 8.74. The Morgan fingerprint density at radius 1 is 1.24 bits per heavy atom. The lowest BCUT2D eigenvalue weighted by molar-refractivity contribution is -0.121. The molecule has 0 spiro atoms. The Morgan fingerprint density at radius 3 is 2.92 bits per heavy atom. The SMILES string of the molecule is O=C(Cc1cc(COCc2ccccc2)on1)NCC1CCCCO1. The zero-order valence-electron chi connectivity index (χ0n) is 14.3. The Bertz CT molecular complexity index is 650. The summed E-state index contributed by atoms with van der Waals surface area (Å²) in [5.41, 5.74) is 1.71. The maximum absolute atomic E-state index is 12.0. The minimum Gasteiger partial charge on any atom is -0.376 e. The van der Waals surface area contributed by atoms with Crippen molar-refractivity contribution in [2.24, 2.45) is 0 Å². The van der Waals surface area contributed by atoms with Crippen molar-refractivity contribution >= 4 is 5.91 Å². The first-order chi connectivity index (χ1) is 12.3. The van der Waals surface area contributed by atoms with E-state index in [0.29, 0.717) is 31.2 Å². The summed E-state index contributed by atoms with van der Waals surface area (Å²) in [6.07, 6.45) is 3.62. The van der Waals surface area contributed by atoms with Crippen molar-refractivity contribution in [1.82, 2.24) is 10.5 Å². The summed E-state index contributed by atoms with van der Waals surface area (Å²) in [7, 11) is 0. The maximum Gasteiger partial charge on any atom is 0.226 e. The number of carbonyl (C=O) groups excluding carboxylic acids is 1. The molecule has 1 aliphatic heterocycles. The van der Waals surface area contributed by atoms with E-state index in [-0.39, 0.29) is 18.4 Å². The molecule has 1 saturated heterocycles. The number of carbonyl (C=O) groups is 1. The summed E-state index contributed by atoms with van der Waals surface area (Å²) in [4.78, 5) is 12.0. The fraction of sp³-hybridized carbons (Fsp3) is 0.474. The standard InChI is InChI=1S/C19H24N2O4/c22-19(20-12-17-8-4-5-9-24-17)11-16-10-18(25-21-16)14-23-13-15-6-2-1-3-7-15/h1-3,6-7,10,17H,4-5,8-9,11-14H2,(H,20,22). The van der Waals surface area contributed by atoms with Crippen molar-refractivity contribution in [2.75, 3.05) is 13.2 Å². The van der Waals surface area contributed by atoms with Gasteiger partial charge in [-0.2, -0.15) is 0 Å². The Morgan fingerprint density at radius 2 is 2.12 bits per heavy atom. The van der Waals surface area contributed by atoms with Crippen molar-refractivity contribution in [3.63, 3.8) is 0 Å². The van der Waals surface area contributed by atoms with E-state index in [9.17, 15) is 4.79 Å². The fourth-order valence-corrected chi connectivity index (χ4v) is 2.77. The van der Waals surface area contributed by atoms with Gasteiger partial charge in [0.05, 0.1) is 24.8 Å². The zero-order chi connectivity index (χ0) is 17.3. The number of hydrogen-bond donors (Lipinski definition) is 1. The molecule has 1 aliphatic rings. The average molecular weight is 344 g/mol. The minimum absolute atomic E-state index is 0.0702. The van der Waals surface area contributed by atoms with Crippen LogP contribution in [0.1, 0.15) is 36.3 Å². The van der Waals surface area contributed by atoms with Gasteiger partial charge in [-0.05, 0) is 24.8 Å². The highest BCUT2D eigenvalue weighted by atomic mass is 16.5. The van der Waals surface area contributed by atoms with E-state index in [1.165, 1.54) is 0 Å². The van der Waals surface area contributed by atoms with Crippen LogP contribution < -0.4 is 5.32 Å². The Balaban J connectivity index is 1.36. The lowest BCUT2D eigenvalue weighted by Crippen LogP contribution is -2.36. The second-order valence-electron chi connectivity index (χ2n) is 6.23. The minimum atomic E-state index is -0.0702. The molecule has 0 aliphatic carbocycles.